The fourth-order valence-corrected chi connectivity index (χ4v) is 2.94. The van der Waals surface area contributed by atoms with E-state index in [0.29, 0.717) is 0 Å². The highest BCUT2D eigenvalue weighted by Crippen LogP contribution is 2.23. The number of carbonyl (C=O) groups is 3. The zero-order valence-corrected chi connectivity index (χ0v) is 14.9. The van der Waals surface area contributed by atoms with Crippen LogP contribution in [0.1, 0.15) is 19.4 Å². The summed E-state index contributed by atoms with van der Waals surface area (Å²) in [7, 11) is 0. The number of hydrogen-bond acceptors (Lipinski definition) is 4. The molecule has 0 saturated carbocycles. The molecule has 0 bridgehead atoms. The van der Waals surface area contributed by atoms with E-state index in [1.165, 1.54) is 4.90 Å². The largest absolute Gasteiger partial charge is 0.480 e. The molecule has 2 amide bonds. The van der Waals surface area contributed by atoms with E-state index in [1.54, 1.807) is 0 Å². The van der Waals surface area contributed by atoms with Crippen LogP contribution in [0.15, 0.2) is 30.3 Å². The smallest absolute Gasteiger partial charge is 0.409 e. The van der Waals surface area contributed by atoms with Gasteiger partial charge in [0.15, 0.2) is 6.04 Å². The fraction of sp³-hybridized carbons (Fsp3) is 0.500. The molecule has 2 N–H and O–H groups in total. The molecule has 8 heteroatoms. The van der Waals surface area contributed by atoms with Crippen LogP contribution in [0.2, 0.25) is 0 Å². The Hall–Kier alpha value is -2.77. The van der Waals surface area contributed by atoms with Crippen molar-refractivity contribution < 1.29 is 29.3 Å². The SMILES string of the molecule is CC(C)(COC(=O)N1CCN(C(=O)O)C(C(=O)O)C1)Cc1ccccc1. The average molecular weight is 364 g/mol. The molecule has 2 rings (SSSR count). The number of nitrogens with zero attached hydrogens (tertiary/aromatic N) is 2. The van der Waals surface area contributed by atoms with Gasteiger partial charge in [0.25, 0.3) is 0 Å². The van der Waals surface area contributed by atoms with Crippen molar-refractivity contribution in [3.63, 3.8) is 0 Å². The van der Waals surface area contributed by atoms with Crippen molar-refractivity contribution in [1.29, 1.82) is 0 Å². The number of amides is 2. The maximum atomic E-state index is 12.3. The number of piperazine rings is 1. The Balaban J connectivity index is 1.91. The van der Waals surface area contributed by atoms with E-state index in [-0.39, 0.29) is 31.7 Å². The summed E-state index contributed by atoms with van der Waals surface area (Å²) in [6, 6.07) is 8.56. The van der Waals surface area contributed by atoms with Crippen LogP contribution in [0.3, 0.4) is 0 Å². The molecule has 1 saturated heterocycles. The van der Waals surface area contributed by atoms with Crippen molar-refractivity contribution in [1.82, 2.24) is 9.80 Å². The standard InChI is InChI=1S/C18H24N2O6/c1-18(2,10-13-6-4-3-5-7-13)12-26-17(25)19-8-9-20(16(23)24)14(11-19)15(21)22/h3-7,14H,8-12H2,1-2H3,(H,21,22)(H,23,24). The Morgan fingerprint density at radius 3 is 2.38 bits per heavy atom. The molecule has 1 aromatic rings. The zero-order valence-electron chi connectivity index (χ0n) is 14.9. The highest BCUT2D eigenvalue weighted by atomic mass is 16.6. The van der Waals surface area contributed by atoms with Gasteiger partial charge >= 0.3 is 18.2 Å². The molecule has 0 aliphatic carbocycles. The predicted octanol–water partition coefficient (Wildman–Crippen LogP) is 2.14. The number of carboxylic acid groups (broad SMARTS) is 2. The minimum Gasteiger partial charge on any atom is -0.480 e. The minimum atomic E-state index is -1.31. The molecule has 26 heavy (non-hydrogen) atoms. The highest BCUT2D eigenvalue weighted by Gasteiger charge is 2.37. The summed E-state index contributed by atoms with van der Waals surface area (Å²) in [6.45, 7) is 3.96. The van der Waals surface area contributed by atoms with Gasteiger partial charge in [-0.3, -0.25) is 4.90 Å². The summed E-state index contributed by atoms with van der Waals surface area (Å²) in [4.78, 5) is 36.7. The van der Waals surface area contributed by atoms with Gasteiger partial charge in [-0.1, -0.05) is 44.2 Å². The first-order valence-electron chi connectivity index (χ1n) is 8.37. The van der Waals surface area contributed by atoms with Gasteiger partial charge in [0.2, 0.25) is 0 Å². The third-order valence-corrected chi connectivity index (χ3v) is 4.28. The second-order valence-electron chi connectivity index (χ2n) is 7.16. The first kappa shape index (κ1) is 19.6. The van der Waals surface area contributed by atoms with E-state index in [0.717, 1.165) is 16.9 Å². The molecular formula is C18H24N2O6. The predicted molar refractivity (Wildman–Crippen MR) is 93.0 cm³/mol. The number of aliphatic carboxylic acids is 1. The van der Waals surface area contributed by atoms with Crippen LogP contribution < -0.4 is 0 Å². The van der Waals surface area contributed by atoms with Gasteiger partial charge in [0, 0.05) is 18.5 Å². The summed E-state index contributed by atoms with van der Waals surface area (Å²) >= 11 is 0. The molecule has 1 heterocycles. The van der Waals surface area contributed by atoms with Crippen molar-refractivity contribution >= 4 is 18.2 Å². The molecule has 1 aliphatic rings. The van der Waals surface area contributed by atoms with Crippen LogP contribution in [0.5, 0.6) is 0 Å². The second kappa shape index (κ2) is 8.07. The Kier molecular flexibility index (Phi) is 6.07. The molecular weight excluding hydrogens is 340 g/mol. The van der Waals surface area contributed by atoms with Gasteiger partial charge < -0.3 is 19.8 Å². The Morgan fingerprint density at radius 2 is 1.81 bits per heavy atom. The van der Waals surface area contributed by atoms with Crippen molar-refractivity contribution in [2.24, 2.45) is 5.41 Å². The maximum absolute atomic E-state index is 12.3. The molecule has 1 aromatic carbocycles. The number of benzene rings is 1. The lowest BCUT2D eigenvalue weighted by Gasteiger charge is -2.37. The molecule has 1 unspecified atom stereocenters. The van der Waals surface area contributed by atoms with Gasteiger partial charge in [0.05, 0.1) is 13.2 Å². The Morgan fingerprint density at radius 1 is 1.15 bits per heavy atom. The lowest BCUT2D eigenvalue weighted by atomic mass is 9.87. The Bertz CT molecular complexity index is 661. The average Bonchev–Trinajstić information content (AvgIpc) is 2.59. The second-order valence-corrected chi connectivity index (χ2v) is 7.16. The van der Waals surface area contributed by atoms with Gasteiger partial charge in [-0.05, 0) is 12.0 Å². The van der Waals surface area contributed by atoms with E-state index in [1.807, 2.05) is 44.2 Å². The van der Waals surface area contributed by atoms with Crippen LogP contribution in [0.4, 0.5) is 9.59 Å². The summed E-state index contributed by atoms with van der Waals surface area (Å²) in [5, 5.41) is 18.3. The third-order valence-electron chi connectivity index (χ3n) is 4.28. The fourth-order valence-electron chi connectivity index (χ4n) is 2.94. The van der Waals surface area contributed by atoms with E-state index < -0.39 is 24.2 Å². The van der Waals surface area contributed by atoms with Gasteiger partial charge in [-0.25, -0.2) is 14.4 Å². The number of carbonyl (C=O) groups excluding carboxylic acids is 1. The number of carboxylic acids is 1. The van der Waals surface area contributed by atoms with Crippen LogP contribution >= 0.6 is 0 Å². The molecule has 0 spiro atoms. The van der Waals surface area contributed by atoms with Crippen LogP contribution in [0.25, 0.3) is 0 Å². The Labute approximate surface area is 152 Å². The molecule has 142 valence electrons. The molecule has 0 aromatic heterocycles. The summed E-state index contributed by atoms with van der Waals surface area (Å²) in [6.07, 6.45) is -1.21. The van der Waals surface area contributed by atoms with E-state index in [4.69, 9.17) is 9.84 Å². The van der Waals surface area contributed by atoms with Gasteiger partial charge in [-0.15, -0.1) is 0 Å². The molecule has 1 atom stereocenters. The van der Waals surface area contributed by atoms with Crippen LogP contribution in [-0.4, -0.2) is 70.5 Å². The van der Waals surface area contributed by atoms with Crippen molar-refractivity contribution in [3.8, 4) is 0 Å². The first-order chi connectivity index (χ1) is 12.2. The number of hydrogen-bond donors (Lipinski definition) is 2. The van der Waals surface area contributed by atoms with Crippen LogP contribution in [-0.2, 0) is 16.0 Å². The van der Waals surface area contributed by atoms with Crippen molar-refractivity contribution in [2.75, 3.05) is 26.2 Å². The van der Waals surface area contributed by atoms with Gasteiger partial charge in [0.1, 0.15) is 0 Å². The number of ether oxygens (including phenoxy) is 1. The summed E-state index contributed by atoms with van der Waals surface area (Å²) in [5.41, 5.74) is 0.848. The zero-order chi connectivity index (χ0) is 19.3. The van der Waals surface area contributed by atoms with Crippen molar-refractivity contribution in [3.05, 3.63) is 35.9 Å². The van der Waals surface area contributed by atoms with E-state index in [2.05, 4.69) is 0 Å². The van der Waals surface area contributed by atoms with Crippen LogP contribution in [0, 0.1) is 5.41 Å². The first-order valence-corrected chi connectivity index (χ1v) is 8.37. The monoisotopic (exact) mass is 364 g/mol. The van der Waals surface area contributed by atoms with Gasteiger partial charge in [-0.2, -0.15) is 0 Å². The van der Waals surface area contributed by atoms with Crippen molar-refractivity contribution in [2.45, 2.75) is 26.3 Å². The van der Waals surface area contributed by atoms with E-state index >= 15 is 0 Å². The topological polar surface area (TPSA) is 107 Å². The third kappa shape index (κ3) is 5.11. The molecule has 1 aliphatic heterocycles. The maximum Gasteiger partial charge on any atom is 0.409 e. The molecule has 8 nitrogen and oxygen atoms in total. The lowest BCUT2D eigenvalue weighted by molar-refractivity contribution is -0.144. The normalized spacial score (nSPS) is 17.7. The molecule has 0 radical (unpaired) electrons. The molecule has 1 fully saturated rings. The highest BCUT2D eigenvalue weighted by molar-refractivity contribution is 5.81. The van der Waals surface area contributed by atoms with E-state index in [9.17, 15) is 19.5 Å². The quantitative estimate of drug-likeness (QED) is 0.829. The lowest BCUT2D eigenvalue weighted by Crippen LogP contribution is -2.59. The minimum absolute atomic E-state index is 0.0607. The summed E-state index contributed by atoms with van der Waals surface area (Å²) < 4.78 is 5.37. The summed E-state index contributed by atoms with van der Waals surface area (Å²) in [5.74, 6) is -1.28. The number of rotatable bonds is 5.